The topological polar surface area (TPSA) is 26.3 Å². The molecule has 148 valence electrons. The Morgan fingerprint density at radius 1 is 0.897 bits per heavy atom. The minimum absolute atomic E-state index is 0.280. The van der Waals surface area contributed by atoms with Crippen LogP contribution >= 0.6 is 0 Å². The van der Waals surface area contributed by atoms with Crippen LogP contribution in [0, 0.1) is 20.8 Å². The zero-order valence-corrected chi connectivity index (χ0v) is 18.0. The normalized spacial score (nSPS) is 20.4. The summed E-state index contributed by atoms with van der Waals surface area (Å²) >= 11 is 0. The zero-order valence-electron chi connectivity index (χ0n) is 18.0. The second kappa shape index (κ2) is 6.88. The number of hydrogen-bond acceptors (Lipinski definition) is 2. The molecule has 0 unspecified atom stereocenters. The van der Waals surface area contributed by atoms with Crippen LogP contribution in [0.5, 0.6) is 0 Å². The molecular weight excluding hydrogens is 356 g/mol. The van der Waals surface area contributed by atoms with Crippen molar-refractivity contribution in [2.75, 3.05) is 0 Å². The number of hydrogen-bond donors (Lipinski definition) is 0. The van der Waals surface area contributed by atoms with Crippen LogP contribution in [-0.2, 0) is 9.53 Å². The van der Waals surface area contributed by atoms with E-state index in [-0.39, 0.29) is 5.97 Å². The third-order valence-corrected chi connectivity index (χ3v) is 6.36. The Labute approximate surface area is 173 Å². The number of aryl methyl sites for hydroxylation is 3. The van der Waals surface area contributed by atoms with Crippen LogP contribution in [0.2, 0.25) is 0 Å². The van der Waals surface area contributed by atoms with Gasteiger partial charge in [0, 0.05) is 18.1 Å². The number of ether oxygens (including phenoxy) is 1. The summed E-state index contributed by atoms with van der Waals surface area (Å²) in [4.78, 5) is 12.3. The highest BCUT2D eigenvalue weighted by Crippen LogP contribution is 2.63. The van der Waals surface area contributed by atoms with E-state index < -0.39 is 5.60 Å². The van der Waals surface area contributed by atoms with E-state index in [2.05, 4.69) is 63.7 Å². The van der Waals surface area contributed by atoms with Gasteiger partial charge in [0.1, 0.15) is 0 Å². The van der Waals surface area contributed by atoms with Gasteiger partial charge in [0.05, 0.1) is 0 Å². The average molecular weight is 385 g/mol. The van der Waals surface area contributed by atoms with Crippen LogP contribution in [-0.4, -0.2) is 11.6 Å². The monoisotopic (exact) mass is 384 g/mol. The van der Waals surface area contributed by atoms with Gasteiger partial charge in [0.15, 0.2) is 5.60 Å². The lowest BCUT2D eigenvalue weighted by atomic mass is 9.62. The van der Waals surface area contributed by atoms with Gasteiger partial charge in [-0.25, -0.2) is 0 Å². The number of carbonyl (C=O) groups excluding carboxylic acids is 1. The number of fused-ring (bicyclic) bond motifs is 1. The van der Waals surface area contributed by atoms with Crippen molar-refractivity contribution in [2.24, 2.45) is 0 Å². The number of benzene rings is 2. The van der Waals surface area contributed by atoms with Gasteiger partial charge in [-0.05, 0) is 85.1 Å². The molecule has 0 fully saturated rings. The Balaban J connectivity index is 2.03. The molecule has 2 nitrogen and oxygen atoms in total. The molecule has 0 bridgehead atoms. The molecular formula is C27H28O2. The highest BCUT2D eigenvalue weighted by atomic mass is 16.6. The van der Waals surface area contributed by atoms with Gasteiger partial charge >= 0.3 is 5.97 Å². The predicted molar refractivity (Wildman–Crippen MR) is 119 cm³/mol. The number of esters is 1. The number of allylic oxidation sites excluding steroid dienone is 1. The van der Waals surface area contributed by atoms with Crippen molar-refractivity contribution < 1.29 is 9.53 Å². The summed E-state index contributed by atoms with van der Waals surface area (Å²) in [6, 6.07) is 14.9. The molecule has 4 rings (SSSR count). The standard InChI is InChI=1S/C27H28O2/c1-16(2)27(29-20(6)28)25-22(21-10-8-7-9-11-21)12-13-23(25)26(27)24-15-18(4)17(3)14-19(24)5/h7-11,14-15H,1,12-13H2,2-6H3/t27-/m0/s1. The highest BCUT2D eigenvalue weighted by molar-refractivity contribution is 6.03. The molecule has 29 heavy (non-hydrogen) atoms. The molecule has 0 N–H and O–H groups in total. The van der Waals surface area contributed by atoms with Crippen LogP contribution in [0.4, 0.5) is 0 Å². The van der Waals surface area contributed by atoms with Gasteiger partial charge in [-0.1, -0.05) is 49.0 Å². The third-order valence-electron chi connectivity index (χ3n) is 6.36. The first-order valence-corrected chi connectivity index (χ1v) is 10.2. The third kappa shape index (κ3) is 2.81. The summed E-state index contributed by atoms with van der Waals surface area (Å²) in [5.74, 6) is -0.280. The largest absolute Gasteiger partial charge is 0.445 e. The van der Waals surface area contributed by atoms with Gasteiger partial charge in [-0.15, -0.1) is 0 Å². The van der Waals surface area contributed by atoms with E-state index in [4.69, 9.17) is 4.74 Å². The molecule has 0 heterocycles. The molecule has 2 aliphatic carbocycles. The Morgan fingerprint density at radius 2 is 1.52 bits per heavy atom. The minimum atomic E-state index is -0.866. The van der Waals surface area contributed by atoms with Crippen molar-refractivity contribution >= 4 is 17.1 Å². The van der Waals surface area contributed by atoms with E-state index >= 15 is 0 Å². The van der Waals surface area contributed by atoms with Crippen LogP contribution in [0.25, 0.3) is 11.1 Å². The minimum Gasteiger partial charge on any atom is -0.445 e. The van der Waals surface area contributed by atoms with Gasteiger partial charge in [0.25, 0.3) is 0 Å². The Kier molecular flexibility index (Phi) is 4.61. The van der Waals surface area contributed by atoms with Crippen molar-refractivity contribution in [3.8, 4) is 0 Å². The summed E-state index contributed by atoms with van der Waals surface area (Å²) in [5, 5.41) is 0. The molecule has 2 heteroatoms. The van der Waals surface area contributed by atoms with Crippen molar-refractivity contribution in [3.05, 3.63) is 93.6 Å². The van der Waals surface area contributed by atoms with Gasteiger partial charge in [-0.3, -0.25) is 4.79 Å². The molecule has 2 aromatic carbocycles. The fourth-order valence-electron chi connectivity index (χ4n) is 4.97. The van der Waals surface area contributed by atoms with E-state index in [1.165, 1.54) is 45.9 Å². The lowest BCUT2D eigenvalue weighted by molar-refractivity contribution is -0.147. The first-order chi connectivity index (χ1) is 13.8. The lowest BCUT2D eigenvalue weighted by Crippen LogP contribution is -2.46. The first kappa shape index (κ1) is 19.4. The Morgan fingerprint density at radius 3 is 2.14 bits per heavy atom. The molecule has 0 amide bonds. The van der Waals surface area contributed by atoms with Crippen molar-refractivity contribution in [1.29, 1.82) is 0 Å². The molecule has 2 aromatic rings. The second-order valence-corrected chi connectivity index (χ2v) is 8.38. The number of rotatable bonds is 4. The maximum atomic E-state index is 12.3. The maximum absolute atomic E-state index is 12.3. The van der Waals surface area contributed by atoms with Crippen LogP contribution < -0.4 is 0 Å². The van der Waals surface area contributed by atoms with E-state index in [9.17, 15) is 4.79 Å². The zero-order chi connectivity index (χ0) is 20.9. The Hall–Kier alpha value is -2.87. The average Bonchev–Trinajstić information content (AvgIpc) is 3.05. The van der Waals surface area contributed by atoms with Crippen LogP contribution in [0.1, 0.15) is 54.5 Å². The quantitative estimate of drug-likeness (QED) is 0.444. The molecule has 0 spiro atoms. The molecule has 0 aromatic heterocycles. The molecule has 2 aliphatic rings. The van der Waals surface area contributed by atoms with Gasteiger partial charge < -0.3 is 4.74 Å². The van der Waals surface area contributed by atoms with E-state index in [1.807, 2.05) is 13.0 Å². The highest BCUT2D eigenvalue weighted by Gasteiger charge is 2.57. The van der Waals surface area contributed by atoms with Crippen LogP contribution in [0.15, 0.2) is 65.8 Å². The first-order valence-electron chi connectivity index (χ1n) is 10.2. The van der Waals surface area contributed by atoms with Crippen LogP contribution in [0.3, 0.4) is 0 Å². The second-order valence-electron chi connectivity index (χ2n) is 8.38. The van der Waals surface area contributed by atoms with Gasteiger partial charge in [-0.2, -0.15) is 0 Å². The summed E-state index contributed by atoms with van der Waals surface area (Å²) in [6.45, 7) is 14.2. The maximum Gasteiger partial charge on any atom is 0.304 e. The SMILES string of the molecule is C=C(C)[C@]1(OC(C)=O)C2=C(c3ccccc3)CCC2=C1c1cc(C)c(C)cc1C. The molecule has 0 saturated heterocycles. The summed E-state index contributed by atoms with van der Waals surface area (Å²) in [6.07, 6.45) is 1.93. The van der Waals surface area contributed by atoms with E-state index in [0.29, 0.717) is 0 Å². The summed E-state index contributed by atoms with van der Waals surface area (Å²) < 4.78 is 6.14. The van der Waals surface area contributed by atoms with Gasteiger partial charge in [0.2, 0.25) is 0 Å². The van der Waals surface area contributed by atoms with Crippen molar-refractivity contribution in [1.82, 2.24) is 0 Å². The van der Waals surface area contributed by atoms with E-state index in [1.54, 1.807) is 0 Å². The summed E-state index contributed by atoms with van der Waals surface area (Å²) in [7, 11) is 0. The smallest absolute Gasteiger partial charge is 0.304 e. The molecule has 0 radical (unpaired) electrons. The van der Waals surface area contributed by atoms with E-state index in [0.717, 1.165) is 29.6 Å². The fraction of sp³-hybridized carbons (Fsp3) is 0.296. The predicted octanol–water partition coefficient (Wildman–Crippen LogP) is 6.50. The molecule has 0 saturated carbocycles. The number of carbonyl (C=O) groups is 1. The summed E-state index contributed by atoms with van der Waals surface area (Å²) in [5.41, 5.74) is 11.0. The lowest BCUT2D eigenvalue weighted by Gasteiger charge is -2.48. The van der Waals surface area contributed by atoms with Crippen molar-refractivity contribution in [3.63, 3.8) is 0 Å². The fourth-order valence-corrected chi connectivity index (χ4v) is 4.97. The Bertz CT molecular complexity index is 1100. The molecule has 1 atom stereocenters. The van der Waals surface area contributed by atoms with Crippen molar-refractivity contribution in [2.45, 2.75) is 53.1 Å². The molecule has 0 aliphatic heterocycles.